The monoisotopic (exact) mass is 535 g/mol. The van der Waals surface area contributed by atoms with Crippen LogP contribution in [-0.4, -0.2) is 30.2 Å². The molecule has 4 heterocycles. The fourth-order valence-corrected chi connectivity index (χ4v) is 4.66. The second-order valence-electron chi connectivity index (χ2n) is 11.3. The summed E-state index contributed by atoms with van der Waals surface area (Å²) in [5.41, 5.74) is 9.87. The van der Waals surface area contributed by atoms with Crippen molar-refractivity contribution in [3.8, 4) is 28.9 Å². The zero-order valence-electron chi connectivity index (χ0n) is 23.2. The Balaban J connectivity index is 1.73. The Morgan fingerprint density at radius 1 is 1.02 bits per heavy atom. The van der Waals surface area contributed by atoms with E-state index in [2.05, 4.69) is 16.0 Å². The number of nitriles is 1. The van der Waals surface area contributed by atoms with Crippen molar-refractivity contribution in [1.82, 2.24) is 24.1 Å². The van der Waals surface area contributed by atoms with E-state index in [0.717, 1.165) is 5.56 Å². The Morgan fingerprint density at radius 3 is 2.35 bits per heavy atom. The molecule has 0 aliphatic heterocycles. The van der Waals surface area contributed by atoms with Crippen LogP contribution >= 0.6 is 0 Å². The first-order valence-corrected chi connectivity index (χ1v) is 12.7. The average molecular weight is 536 g/mol. The van der Waals surface area contributed by atoms with E-state index in [9.17, 15) is 14.9 Å². The molecule has 0 spiro atoms. The second kappa shape index (κ2) is 9.31. The number of nitrogens with zero attached hydrogens (tertiary/aromatic N) is 6. The minimum absolute atomic E-state index is 0.147. The van der Waals surface area contributed by atoms with Gasteiger partial charge in [-0.25, -0.2) is 19.6 Å². The molecule has 0 saturated heterocycles. The Labute approximate surface area is 230 Å². The SMILES string of the molecule is Cn1c(=O)n(-c2ccc(C(C)(C)C#N)cc2)c2c3nc(-c4cnc(OC(N)=O)c(C(C)(C)C)c4)ccc3ncc21. The largest absolute Gasteiger partial charge is 0.411 e. The second-order valence-corrected chi connectivity index (χ2v) is 11.3. The molecule has 4 aromatic heterocycles. The fraction of sp³-hybridized carbons (Fsp3) is 0.267. The quantitative estimate of drug-likeness (QED) is 0.345. The van der Waals surface area contributed by atoms with Gasteiger partial charge in [-0.05, 0) is 55.2 Å². The summed E-state index contributed by atoms with van der Waals surface area (Å²) in [5.74, 6) is 0.147. The lowest BCUT2D eigenvalue weighted by Gasteiger charge is -2.21. The number of amides is 1. The number of aryl methyl sites for hydroxylation is 1. The Kier molecular flexibility index (Phi) is 6.18. The van der Waals surface area contributed by atoms with Gasteiger partial charge < -0.3 is 10.5 Å². The van der Waals surface area contributed by atoms with E-state index < -0.39 is 16.9 Å². The highest BCUT2D eigenvalue weighted by molar-refractivity contribution is 6.01. The third-order valence-electron chi connectivity index (χ3n) is 7.01. The van der Waals surface area contributed by atoms with Gasteiger partial charge in [0.15, 0.2) is 0 Å². The van der Waals surface area contributed by atoms with Crippen molar-refractivity contribution in [1.29, 1.82) is 5.26 Å². The van der Waals surface area contributed by atoms with Crippen LogP contribution in [0, 0.1) is 11.3 Å². The first-order chi connectivity index (χ1) is 18.8. The average Bonchev–Trinajstić information content (AvgIpc) is 3.17. The maximum atomic E-state index is 13.5. The summed E-state index contributed by atoms with van der Waals surface area (Å²) in [6.07, 6.45) is 2.30. The molecular weight excluding hydrogens is 506 g/mol. The van der Waals surface area contributed by atoms with Crippen molar-refractivity contribution in [2.45, 2.75) is 45.4 Å². The lowest BCUT2D eigenvalue weighted by molar-refractivity contribution is 0.208. The van der Waals surface area contributed by atoms with E-state index in [1.54, 1.807) is 28.6 Å². The standard InChI is InChI=1S/C30H29N7O3/c1-29(2,3)20-13-17(14-34-26(20)40-27(32)38)21-11-12-22-24(35-21)25-23(15-33-22)36(6)28(39)37(25)19-9-7-18(8-10-19)30(4,5)16-31/h7-15H,1-6H3,(H2,32,38). The van der Waals surface area contributed by atoms with Crippen LogP contribution in [0.25, 0.3) is 39.0 Å². The van der Waals surface area contributed by atoms with Crippen LogP contribution in [0.4, 0.5) is 4.79 Å². The topological polar surface area (TPSA) is 142 Å². The van der Waals surface area contributed by atoms with Gasteiger partial charge in [0.25, 0.3) is 0 Å². The van der Waals surface area contributed by atoms with Crippen LogP contribution in [0.3, 0.4) is 0 Å². The summed E-state index contributed by atoms with van der Waals surface area (Å²) >= 11 is 0. The highest BCUT2D eigenvalue weighted by Gasteiger charge is 2.24. The molecule has 0 bridgehead atoms. The predicted molar refractivity (Wildman–Crippen MR) is 152 cm³/mol. The molecule has 5 aromatic rings. The van der Waals surface area contributed by atoms with Crippen LogP contribution in [-0.2, 0) is 17.9 Å². The Hall–Kier alpha value is -5.04. The molecule has 5 rings (SSSR count). The summed E-state index contributed by atoms with van der Waals surface area (Å²) < 4.78 is 8.30. The van der Waals surface area contributed by atoms with Gasteiger partial charge in [0, 0.05) is 24.4 Å². The predicted octanol–water partition coefficient (Wildman–Crippen LogP) is 4.89. The number of fused-ring (bicyclic) bond motifs is 3. The molecule has 0 saturated carbocycles. The van der Waals surface area contributed by atoms with Crippen LogP contribution in [0.5, 0.6) is 5.88 Å². The lowest BCUT2D eigenvalue weighted by atomic mass is 9.86. The first kappa shape index (κ1) is 26.6. The molecule has 10 nitrogen and oxygen atoms in total. The van der Waals surface area contributed by atoms with Crippen LogP contribution in [0.15, 0.2) is 59.7 Å². The molecule has 0 radical (unpaired) electrons. The van der Waals surface area contributed by atoms with E-state index in [1.807, 2.05) is 77.1 Å². The number of ether oxygens (including phenoxy) is 1. The molecule has 0 atom stereocenters. The van der Waals surface area contributed by atoms with Crippen molar-refractivity contribution in [3.63, 3.8) is 0 Å². The smallest absolute Gasteiger partial charge is 0.391 e. The molecule has 1 amide bonds. The third kappa shape index (κ3) is 4.45. The molecular formula is C30H29N7O3. The zero-order chi connectivity index (χ0) is 29.0. The van der Waals surface area contributed by atoms with E-state index >= 15 is 0 Å². The molecule has 0 aliphatic carbocycles. The maximum Gasteiger partial charge on any atom is 0.411 e. The number of benzene rings is 1. The van der Waals surface area contributed by atoms with Gasteiger partial charge in [0.2, 0.25) is 5.88 Å². The van der Waals surface area contributed by atoms with Crippen molar-refractivity contribution in [3.05, 3.63) is 76.5 Å². The molecule has 10 heteroatoms. The normalized spacial score (nSPS) is 12.0. The molecule has 0 fully saturated rings. The van der Waals surface area contributed by atoms with Gasteiger partial charge in [0.05, 0.1) is 40.1 Å². The summed E-state index contributed by atoms with van der Waals surface area (Å²) in [5, 5.41) is 9.52. The fourth-order valence-electron chi connectivity index (χ4n) is 4.66. The Bertz CT molecular complexity index is 1900. The third-order valence-corrected chi connectivity index (χ3v) is 7.01. The van der Waals surface area contributed by atoms with Crippen LogP contribution < -0.4 is 16.2 Å². The highest BCUT2D eigenvalue weighted by Crippen LogP contribution is 2.34. The number of carbonyl (C=O) groups is 1. The number of pyridine rings is 3. The minimum Gasteiger partial charge on any atom is -0.391 e. The van der Waals surface area contributed by atoms with Gasteiger partial charge in [0.1, 0.15) is 11.0 Å². The molecule has 1 aromatic carbocycles. The maximum absolute atomic E-state index is 13.5. The van der Waals surface area contributed by atoms with E-state index in [-0.39, 0.29) is 11.6 Å². The minimum atomic E-state index is -0.936. The molecule has 2 N–H and O–H groups in total. The number of rotatable bonds is 4. The van der Waals surface area contributed by atoms with Crippen LogP contribution in [0.1, 0.15) is 45.7 Å². The van der Waals surface area contributed by atoms with Crippen molar-refractivity contribution >= 4 is 28.2 Å². The van der Waals surface area contributed by atoms with E-state index in [4.69, 9.17) is 15.5 Å². The van der Waals surface area contributed by atoms with Gasteiger partial charge in [-0.3, -0.25) is 14.1 Å². The van der Waals surface area contributed by atoms with E-state index in [1.165, 1.54) is 0 Å². The highest BCUT2D eigenvalue weighted by atomic mass is 16.6. The Morgan fingerprint density at radius 2 is 1.73 bits per heavy atom. The summed E-state index contributed by atoms with van der Waals surface area (Å²) in [6, 6.07) is 15.3. The molecule has 40 heavy (non-hydrogen) atoms. The van der Waals surface area contributed by atoms with Crippen LogP contribution in [0.2, 0.25) is 0 Å². The van der Waals surface area contributed by atoms with Gasteiger partial charge >= 0.3 is 11.8 Å². The van der Waals surface area contributed by atoms with Crippen molar-refractivity contribution in [2.24, 2.45) is 12.8 Å². The number of carbonyl (C=O) groups excluding carboxylic acids is 1. The van der Waals surface area contributed by atoms with Gasteiger partial charge in [-0.2, -0.15) is 5.26 Å². The summed E-state index contributed by atoms with van der Waals surface area (Å²) in [4.78, 5) is 38.8. The lowest BCUT2D eigenvalue weighted by Crippen LogP contribution is -2.21. The number of hydrogen-bond acceptors (Lipinski definition) is 7. The number of aromatic nitrogens is 5. The number of imidazole rings is 1. The van der Waals surface area contributed by atoms with Gasteiger partial charge in [-0.1, -0.05) is 32.9 Å². The van der Waals surface area contributed by atoms with Gasteiger partial charge in [-0.15, -0.1) is 0 Å². The van der Waals surface area contributed by atoms with E-state index in [0.29, 0.717) is 44.6 Å². The molecule has 0 aliphatic rings. The molecule has 202 valence electrons. The first-order valence-electron chi connectivity index (χ1n) is 12.7. The zero-order valence-corrected chi connectivity index (χ0v) is 23.2. The summed E-state index contributed by atoms with van der Waals surface area (Å²) in [7, 11) is 1.70. The summed E-state index contributed by atoms with van der Waals surface area (Å²) in [6.45, 7) is 9.64. The number of nitrogens with two attached hydrogens (primary N) is 1. The number of hydrogen-bond donors (Lipinski definition) is 1. The number of primary amides is 1. The van der Waals surface area contributed by atoms with Crippen molar-refractivity contribution < 1.29 is 9.53 Å². The molecule has 0 unspecified atom stereocenters. The van der Waals surface area contributed by atoms with Crippen molar-refractivity contribution in [2.75, 3.05) is 0 Å².